The predicted octanol–water partition coefficient (Wildman–Crippen LogP) is 3.94. The van der Waals surface area contributed by atoms with Crippen LogP contribution in [0.1, 0.15) is 17.5 Å². The van der Waals surface area contributed by atoms with Crippen molar-refractivity contribution in [3.63, 3.8) is 0 Å². The smallest absolute Gasteiger partial charge is 0.252 e. The van der Waals surface area contributed by atoms with Crippen LogP contribution in [-0.2, 0) is 22.7 Å². The van der Waals surface area contributed by atoms with Gasteiger partial charge in [0.1, 0.15) is 6.04 Å². The molecule has 2 heterocycles. The number of hydrogen-bond acceptors (Lipinski definition) is 5. The summed E-state index contributed by atoms with van der Waals surface area (Å²) in [4.78, 5) is 29.7. The summed E-state index contributed by atoms with van der Waals surface area (Å²) in [5.74, 6) is 0.921. The van der Waals surface area contributed by atoms with E-state index in [2.05, 4.69) is 5.32 Å². The third kappa shape index (κ3) is 4.58. The van der Waals surface area contributed by atoms with Gasteiger partial charge in [-0.1, -0.05) is 54.6 Å². The van der Waals surface area contributed by atoms with Crippen LogP contribution in [-0.4, -0.2) is 39.6 Å². The number of ether oxygens (including phenoxy) is 2. The highest BCUT2D eigenvalue weighted by Gasteiger charge is 2.43. The summed E-state index contributed by atoms with van der Waals surface area (Å²) < 4.78 is 10.9. The van der Waals surface area contributed by atoms with Crippen molar-refractivity contribution in [3.05, 3.63) is 90.0 Å². The van der Waals surface area contributed by atoms with Crippen LogP contribution >= 0.6 is 12.2 Å². The van der Waals surface area contributed by atoms with E-state index < -0.39 is 6.04 Å². The Hall–Kier alpha value is -3.91. The number of fused-ring (bicyclic) bond motifs is 1. The summed E-state index contributed by atoms with van der Waals surface area (Å²) >= 11 is 5.74. The zero-order valence-corrected chi connectivity index (χ0v) is 19.2. The van der Waals surface area contributed by atoms with Gasteiger partial charge in [-0.05, 0) is 47.6 Å². The van der Waals surface area contributed by atoms with Gasteiger partial charge in [-0.3, -0.25) is 14.5 Å². The molecule has 1 saturated heterocycles. The van der Waals surface area contributed by atoms with Crippen molar-refractivity contribution in [2.75, 3.05) is 12.1 Å². The van der Waals surface area contributed by atoms with E-state index in [1.54, 1.807) is 4.90 Å². The number of carbonyl (C=O) groups is 2. The van der Waals surface area contributed by atoms with Gasteiger partial charge in [0.2, 0.25) is 12.7 Å². The molecule has 5 rings (SSSR count). The van der Waals surface area contributed by atoms with Crippen molar-refractivity contribution in [2.45, 2.75) is 25.6 Å². The highest BCUT2D eigenvalue weighted by Crippen LogP contribution is 2.34. The number of nitrogens with zero attached hydrogens (tertiary/aromatic N) is 2. The first-order valence-electron chi connectivity index (χ1n) is 11.0. The first-order chi connectivity index (χ1) is 16.6. The van der Waals surface area contributed by atoms with Crippen LogP contribution in [0, 0.1) is 0 Å². The van der Waals surface area contributed by atoms with Crippen LogP contribution in [0.3, 0.4) is 0 Å². The molecule has 1 unspecified atom stereocenters. The molecule has 0 radical (unpaired) electrons. The van der Waals surface area contributed by atoms with Gasteiger partial charge in [0.25, 0.3) is 5.91 Å². The van der Waals surface area contributed by atoms with E-state index in [4.69, 9.17) is 21.7 Å². The monoisotopic (exact) mass is 473 g/mol. The molecule has 0 aromatic heterocycles. The Labute approximate surface area is 202 Å². The van der Waals surface area contributed by atoms with Crippen molar-refractivity contribution < 1.29 is 19.1 Å². The topological polar surface area (TPSA) is 71.1 Å². The number of carbonyl (C=O) groups excluding carboxylic acids is 2. The molecule has 0 spiro atoms. The Kier molecular flexibility index (Phi) is 6.14. The Morgan fingerprint density at radius 2 is 1.62 bits per heavy atom. The van der Waals surface area contributed by atoms with E-state index in [1.165, 1.54) is 0 Å². The highest BCUT2D eigenvalue weighted by atomic mass is 32.1. The van der Waals surface area contributed by atoms with Gasteiger partial charge in [0, 0.05) is 12.2 Å². The molecule has 8 heteroatoms. The first kappa shape index (κ1) is 21.9. The maximum absolute atomic E-state index is 13.5. The minimum absolute atomic E-state index is 0.0102. The molecule has 2 aliphatic rings. The third-order valence-electron chi connectivity index (χ3n) is 5.81. The lowest BCUT2D eigenvalue weighted by molar-refractivity contribution is -0.131. The van der Waals surface area contributed by atoms with E-state index in [1.807, 2.05) is 83.8 Å². The Morgan fingerprint density at radius 1 is 0.912 bits per heavy atom. The van der Waals surface area contributed by atoms with Gasteiger partial charge in [-0.2, -0.15) is 0 Å². The Morgan fingerprint density at radius 3 is 2.38 bits per heavy atom. The lowest BCUT2D eigenvalue weighted by Gasteiger charge is -2.24. The molecule has 1 atom stereocenters. The van der Waals surface area contributed by atoms with Crippen molar-refractivity contribution in [1.82, 2.24) is 9.80 Å². The molecule has 1 N–H and O–H groups in total. The largest absolute Gasteiger partial charge is 0.454 e. The van der Waals surface area contributed by atoms with Crippen LogP contribution in [0.25, 0.3) is 0 Å². The zero-order chi connectivity index (χ0) is 23.5. The molecule has 172 valence electrons. The predicted molar refractivity (Wildman–Crippen MR) is 131 cm³/mol. The summed E-state index contributed by atoms with van der Waals surface area (Å²) in [5.41, 5.74) is 2.56. The lowest BCUT2D eigenvalue weighted by atomic mass is 10.1. The second-order valence-electron chi connectivity index (χ2n) is 8.14. The number of anilines is 1. The fourth-order valence-corrected chi connectivity index (χ4v) is 4.47. The molecule has 0 bridgehead atoms. The summed E-state index contributed by atoms with van der Waals surface area (Å²) in [6, 6.07) is 23.8. The molecule has 2 amide bonds. The SMILES string of the molecule is O=C(CC1C(=O)N(Cc2ccccc2)C(=S)N1Cc1ccc2c(c1)OCO2)Nc1ccccc1. The van der Waals surface area contributed by atoms with Crippen LogP contribution in [0.15, 0.2) is 78.9 Å². The number of nitrogens with one attached hydrogen (secondary N) is 1. The number of rotatable bonds is 7. The Balaban J connectivity index is 1.38. The summed E-state index contributed by atoms with van der Waals surface area (Å²) in [6.07, 6.45) is -0.0102. The van der Waals surface area contributed by atoms with E-state index in [0.29, 0.717) is 35.4 Å². The van der Waals surface area contributed by atoms with Gasteiger partial charge in [0.05, 0.1) is 13.0 Å². The van der Waals surface area contributed by atoms with E-state index >= 15 is 0 Å². The molecule has 3 aromatic carbocycles. The van der Waals surface area contributed by atoms with Crippen molar-refractivity contribution in [2.24, 2.45) is 0 Å². The van der Waals surface area contributed by atoms with E-state index in [0.717, 1.165) is 11.1 Å². The first-order valence-corrected chi connectivity index (χ1v) is 11.4. The van der Waals surface area contributed by atoms with Crippen molar-refractivity contribution >= 4 is 34.8 Å². The fraction of sp³-hybridized carbons (Fsp3) is 0.192. The molecular weight excluding hydrogens is 450 g/mol. The average Bonchev–Trinajstić information content (AvgIpc) is 3.40. The van der Waals surface area contributed by atoms with Gasteiger partial charge in [-0.15, -0.1) is 0 Å². The maximum atomic E-state index is 13.5. The van der Waals surface area contributed by atoms with E-state index in [9.17, 15) is 9.59 Å². The molecule has 0 saturated carbocycles. The molecule has 1 fully saturated rings. The normalized spacial score (nSPS) is 16.8. The molecule has 0 aliphatic carbocycles. The minimum atomic E-state index is -0.703. The van der Waals surface area contributed by atoms with Crippen LogP contribution in [0.2, 0.25) is 0 Å². The second kappa shape index (κ2) is 9.52. The standard InChI is InChI=1S/C26H23N3O4S/c30-24(27-20-9-5-2-6-10-20)14-21-25(31)29(15-18-7-3-1-4-8-18)26(34)28(21)16-19-11-12-22-23(13-19)33-17-32-22/h1-13,21H,14-17H2,(H,27,30). The molecule has 7 nitrogen and oxygen atoms in total. The number of amides is 2. The zero-order valence-electron chi connectivity index (χ0n) is 18.3. The summed E-state index contributed by atoms with van der Waals surface area (Å²) in [7, 11) is 0. The van der Waals surface area contributed by atoms with Gasteiger partial charge in [0.15, 0.2) is 16.6 Å². The molecule has 34 heavy (non-hydrogen) atoms. The lowest BCUT2D eigenvalue weighted by Crippen LogP contribution is -2.37. The van der Waals surface area contributed by atoms with Gasteiger partial charge < -0.3 is 19.7 Å². The van der Waals surface area contributed by atoms with Gasteiger partial charge >= 0.3 is 0 Å². The Bertz CT molecular complexity index is 1220. The van der Waals surface area contributed by atoms with E-state index in [-0.39, 0.29) is 25.0 Å². The molecule has 3 aromatic rings. The fourth-order valence-electron chi connectivity index (χ4n) is 4.13. The average molecular weight is 474 g/mol. The number of para-hydroxylation sites is 1. The molecule has 2 aliphatic heterocycles. The van der Waals surface area contributed by atoms with Crippen molar-refractivity contribution in [1.29, 1.82) is 0 Å². The summed E-state index contributed by atoms with van der Waals surface area (Å²) in [5, 5.41) is 3.28. The highest BCUT2D eigenvalue weighted by molar-refractivity contribution is 7.80. The second-order valence-corrected chi connectivity index (χ2v) is 8.51. The van der Waals surface area contributed by atoms with Crippen molar-refractivity contribution in [3.8, 4) is 11.5 Å². The number of thiocarbonyl (C=S) groups is 1. The summed E-state index contributed by atoms with van der Waals surface area (Å²) in [6.45, 7) is 0.912. The minimum Gasteiger partial charge on any atom is -0.454 e. The molecular formula is C26H23N3O4S. The maximum Gasteiger partial charge on any atom is 0.252 e. The van der Waals surface area contributed by atoms with Crippen LogP contribution in [0.4, 0.5) is 5.69 Å². The number of hydrogen-bond donors (Lipinski definition) is 1. The van der Waals surface area contributed by atoms with Gasteiger partial charge in [-0.25, -0.2) is 0 Å². The number of benzene rings is 3. The van der Waals surface area contributed by atoms with Crippen LogP contribution < -0.4 is 14.8 Å². The quantitative estimate of drug-likeness (QED) is 0.524. The van der Waals surface area contributed by atoms with Crippen LogP contribution in [0.5, 0.6) is 11.5 Å². The third-order valence-corrected chi connectivity index (χ3v) is 6.27.